The van der Waals surface area contributed by atoms with Gasteiger partial charge in [0.2, 0.25) is 5.91 Å². The molecule has 1 N–H and O–H groups in total. The number of nitrogens with one attached hydrogen (secondary N) is 1. The molecule has 0 aliphatic carbocycles. The second kappa shape index (κ2) is 8.48. The highest BCUT2D eigenvalue weighted by Crippen LogP contribution is 2.15. The molecule has 0 fully saturated rings. The van der Waals surface area contributed by atoms with Gasteiger partial charge >= 0.3 is 0 Å². The van der Waals surface area contributed by atoms with Gasteiger partial charge in [-0.05, 0) is 29.5 Å². The van der Waals surface area contributed by atoms with Gasteiger partial charge in [0.25, 0.3) is 0 Å². The van der Waals surface area contributed by atoms with E-state index in [2.05, 4.69) is 31.3 Å². The number of hydrogen-bond donors (Lipinski definition) is 1. The Morgan fingerprint density at radius 3 is 2.58 bits per heavy atom. The van der Waals surface area contributed by atoms with E-state index in [9.17, 15) is 4.79 Å². The molecule has 0 aliphatic rings. The summed E-state index contributed by atoms with van der Waals surface area (Å²) in [7, 11) is 1.66. The van der Waals surface area contributed by atoms with E-state index in [0.717, 1.165) is 12.0 Å². The minimum absolute atomic E-state index is 0.0657. The summed E-state index contributed by atoms with van der Waals surface area (Å²) in [6.07, 6.45) is 4.23. The molecular weight excluding hydrogens is 238 g/mol. The minimum atomic E-state index is -0.0657. The Kier molecular flexibility index (Phi) is 6.90. The standard InChI is InChI=1S/C16H23NO2/c1-13(2)15-8-5-14(6-9-15)7-10-16(18)17-11-4-12-19-3/h5-10,13H,4,11-12H2,1-3H3,(H,17,18)/b10-7+. The summed E-state index contributed by atoms with van der Waals surface area (Å²) in [5.41, 5.74) is 2.35. The van der Waals surface area contributed by atoms with Gasteiger partial charge < -0.3 is 10.1 Å². The summed E-state index contributed by atoms with van der Waals surface area (Å²) >= 11 is 0. The molecular formula is C16H23NO2. The van der Waals surface area contributed by atoms with Crippen LogP contribution >= 0.6 is 0 Å². The van der Waals surface area contributed by atoms with Crippen molar-refractivity contribution in [2.24, 2.45) is 0 Å². The molecule has 0 bridgehead atoms. The molecule has 3 nitrogen and oxygen atoms in total. The predicted molar refractivity (Wildman–Crippen MR) is 79.1 cm³/mol. The predicted octanol–water partition coefficient (Wildman–Crippen LogP) is 2.98. The third-order valence-corrected chi connectivity index (χ3v) is 2.85. The Bertz CT molecular complexity index is 407. The van der Waals surface area contributed by atoms with Gasteiger partial charge in [0.15, 0.2) is 0 Å². The van der Waals surface area contributed by atoms with Gasteiger partial charge in [0.1, 0.15) is 0 Å². The molecule has 3 heteroatoms. The van der Waals surface area contributed by atoms with Gasteiger partial charge in [0, 0.05) is 26.3 Å². The fourth-order valence-corrected chi connectivity index (χ4v) is 1.65. The van der Waals surface area contributed by atoms with Crippen LogP contribution in [0, 0.1) is 0 Å². The maximum Gasteiger partial charge on any atom is 0.244 e. The molecule has 0 spiro atoms. The van der Waals surface area contributed by atoms with Crippen LogP contribution in [0.3, 0.4) is 0 Å². The summed E-state index contributed by atoms with van der Waals surface area (Å²) < 4.78 is 4.91. The van der Waals surface area contributed by atoms with Crippen LogP contribution in [0.5, 0.6) is 0 Å². The lowest BCUT2D eigenvalue weighted by atomic mass is 10.0. The van der Waals surface area contributed by atoms with E-state index >= 15 is 0 Å². The molecule has 1 aromatic carbocycles. The Labute approximate surface area is 115 Å². The molecule has 1 rings (SSSR count). The summed E-state index contributed by atoms with van der Waals surface area (Å²) in [5.74, 6) is 0.464. The van der Waals surface area contributed by atoms with E-state index in [-0.39, 0.29) is 5.91 Å². The van der Waals surface area contributed by atoms with Crippen molar-refractivity contribution in [2.45, 2.75) is 26.2 Å². The first-order valence-corrected chi connectivity index (χ1v) is 6.68. The molecule has 0 heterocycles. The van der Waals surface area contributed by atoms with Gasteiger partial charge in [-0.1, -0.05) is 38.1 Å². The highest BCUT2D eigenvalue weighted by Gasteiger charge is 1.98. The molecule has 19 heavy (non-hydrogen) atoms. The fourth-order valence-electron chi connectivity index (χ4n) is 1.65. The Morgan fingerprint density at radius 1 is 1.32 bits per heavy atom. The van der Waals surface area contributed by atoms with Crippen molar-refractivity contribution in [2.75, 3.05) is 20.3 Å². The molecule has 0 aliphatic heterocycles. The van der Waals surface area contributed by atoms with Crippen LogP contribution in [0.15, 0.2) is 30.3 Å². The minimum Gasteiger partial charge on any atom is -0.385 e. The van der Waals surface area contributed by atoms with Gasteiger partial charge in [0.05, 0.1) is 0 Å². The van der Waals surface area contributed by atoms with E-state index < -0.39 is 0 Å². The van der Waals surface area contributed by atoms with E-state index in [0.29, 0.717) is 19.1 Å². The quantitative estimate of drug-likeness (QED) is 0.605. The first kappa shape index (κ1) is 15.4. The second-order valence-electron chi connectivity index (χ2n) is 4.79. The molecule has 1 aromatic rings. The van der Waals surface area contributed by atoms with Gasteiger partial charge in [-0.15, -0.1) is 0 Å². The van der Waals surface area contributed by atoms with Crippen LogP contribution in [-0.2, 0) is 9.53 Å². The largest absolute Gasteiger partial charge is 0.385 e. The molecule has 1 amide bonds. The highest BCUT2D eigenvalue weighted by atomic mass is 16.5. The third kappa shape index (κ3) is 6.20. The number of methoxy groups -OCH3 is 1. The first-order valence-electron chi connectivity index (χ1n) is 6.68. The fraction of sp³-hybridized carbons (Fsp3) is 0.438. The van der Waals surface area contributed by atoms with Crippen molar-refractivity contribution >= 4 is 12.0 Å². The van der Waals surface area contributed by atoms with E-state index in [1.165, 1.54) is 5.56 Å². The van der Waals surface area contributed by atoms with Crippen LogP contribution in [0.25, 0.3) is 6.08 Å². The molecule has 0 unspecified atom stereocenters. The van der Waals surface area contributed by atoms with Crippen LogP contribution in [0.2, 0.25) is 0 Å². The topological polar surface area (TPSA) is 38.3 Å². The maximum atomic E-state index is 11.5. The van der Waals surface area contributed by atoms with Gasteiger partial charge in [-0.3, -0.25) is 4.79 Å². The zero-order valence-electron chi connectivity index (χ0n) is 12.0. The third-order valence-electron chi connectivity index (χ3n) is 2.85. The molecule has 0 saturated heterocycles. The smallest absolute Gasteiger partial charge is 0.244 e. The van der Waals surface area contributed by atoms with Gasteiger partial charge in [-0.25, -0.2) is 0 Å². The Balaban J connectivity index is 2.40. The zero-order valence-corrected chi connectivity index (χ0v) is 12.0. The molecule has 0 atom stereocenters. The van der Waals surface area contributed by atoms with Crippen LogP contribution in [-0.4, -0.2) is 26.2 Å². The lowest BCUT2D eigenvalue weighted by molar-refractivity contribution is -0.116. The SMILES string of the molecule is COCCCNC(=O)/C=C/c1ccc(C(C)C)cc1. The lowest BCUT2D eigenvalue weighted by Crippen LogP contribution is -2.22. The number of benzene rings is 1. The molecule has 0 radical (unpaired) electrons. The zero-order chi connectivity index (χ0) is 14.1. The molecule has 0 aromatic heterocycles. The van der Waals surface area contributed by atoms with E-state index in [4.69, 9.17) is 4.74 Å². The van der Waals surface area contributed by atoms with Crippen molar-refractivity contribution < 1.29 is 9.53 Å². The van der Waals surface area contributed by atoms with Crippen molar-refractivity contribution in [3.63, 3.8) is 0 Å². The van der Waals surface area contributed by atoms with Crippen LogP contribution in [0.1, 0.15) is 37.3 Å². The summed E-state index contributed by atoms with van der Waals surface area (Å²) in [6, 6.07) is 8.26. The lowest BCUT2D eigenvalue weighted by Gasteiger charge is -2.04. The van der Waals surface area contributed by atoms with Crippen molar-refractivity contribution in [3.05, 3.63) is 41.5 Å². The Morgan fingerprint density at radius 2 is 2.00 bits per heavy atom. The number of rotatable bonds is 7. The van der Waals surface area contributed by atoms with E-state index in [1.54, 1.807) is 13.2 Å². The number of amides is 1. The maximum absolute atomic E-state index is 11.5. The first-order chi connectivity index (χ1) is 9.13. The average Bonchev–Trinajstić information content (AvgIpc) is 2.42. The van der Waals surface area contributed by atoms with E-state index in [1.807, 2.05) is 18.2 Å². The highest BCUT2D eigenvalue weighted by molar-refractivity contribution is 5.91. The summed E-state index contributed by atoms with van der Waals surface area (Å²) in [5, 5.41) is 2.81. The number of ether oxygens (including phenoxy) is 1. The second-order valence-corrected chi connectivity index (χ2v) is 4.79. The average molecular weight is 261 g/mol. The number of hydrogen-bond acceptors (Lipinski definition) is 2. The summed E-state index contributed by atoms with van der Waals surface area (Å²) in [6.45, 7) is 5.64. The van der Waals surface area contributed by atoms with Crippen molar-refractivity contribution in [1.82, 2.24) is 5.32 Å². The number of carbonyl (C=O) groups is 1. The number of carbonyl (C=O) groups excluding carboxylic acids is 1. The monoisotopic (exact) mass is 261 g/mol. The van der Waals surface area contributed by atoms with Crippen LogP contribution < -0.4 is 5.32 Å². The van der Waals surface area contributed by atoms with Gasteiger partial charge in [-0.2, -0.15) is 0 Å². The van der Waals surface area contributed by atoms with Crippen LogP contribution in [0.4, 0.5) is 0 Å². The normalized spacial score (nSPS) is 11.2. The molecule has 104 valence electrons. The summed E-state index contributed by atoms with van der Waals surface area (Å²) in [4.78, 5) is 11.5. The Hall–Kier alpha value is -1.61. The van der Waals surface area contributed by atoms with Crippen molar-refractivity contribution in [1.29, 1.82) is 0 Å². The molecule has 0 saturated carbocycles. The van der Waals surface area contributed by atoms with Crippen molar-refractivity contribution in [3.8, 4) is 0 Å².